The first-order chi connectivity index (χ1) is 12.5. The number of aromatic nitrogens is 2. The fraction of sp³-hybridized carbons (Fsp3) is 0.682. The maximum Gasteiger partial charge on any atom is 0.150 e. The standard InChI is InChI=1S/C18H25FN2O.2C2H6/c1-11(2)13-5-6-16-17(15(19)9-13)20-18(21(16)12(3)4)14-7-8-22-10-14;2*1-2/h6,9,11-12,14H,5,7-8,10H2,1-4H3;2*1-2H3. The molecule has 2 aliphatic rings. The van der Waals surface area contributed by atoms with E-state index in [9.17, 15) is 4.39 Å². The molecule has 3 nitrogen and oxygen atoms in total. The van der Waals surface area contributed by atoms with E-state index in [0.717, 1.165) is 36.2 Å². The van der Waals surface area contributed by atoms with Gasteiger partial charge in [-0.3, -0.25) is 0 Å². The van der Waals surface area contributed by atoms with Crippen molar-refractivity contribution in [1.82, 2.24) is 9.55 Å². The first kappa shape index (κ1) is 22.6. The number of rotatable bonds is 3. The second kappa shape index (κ2) is 10.7. The van der Waals surface area contributed by atoms with Crippen LogP contribution in [0.3, 0.4) is 0 Å². The van der Waals surface area contributed by atoms with Crippen LogP contribution in [0.25, 0.3) is 11.9 Å². The first-order valence-corrected chi connectivity index (χ1v) is 10.3. The highest BCUT2D eigenvalue weighted by Crippen LogP contribution is 2.25. The summed E-state index contributed by atoms with van der Waals surface area (Å²) in [7, 11) is 0. The van der Waals surface area contributed by atoms with Crippen molar-refractivity contribution in [3.63, 3.8) is 0 Å². The van der Waals surface area contributed by atoms with Crippen LogP contribution >= 0.6 is 0 Å². The zero-order valence-electron chi connectivity index (χ0n) is 17.9. The van der Waals surface area contributed by atoms with Gasteiger partial charge in [-0.15, -0.1) is 0 Å². The Labute approximate surface area is 158 Å². The van der Waals surface area contributed by atoms with Gasteiger partial charge in [-0.2, -0.15) is 0 Å². The molecule has 1 atom stereocenters. The van der Waals surface area contributed by atoms with E-state index in [-0.39, 0.29) is 17.8 Å². The number of fused-ring (bicyclic) bond motifs is 1. The van der Waals surface area contributed by atoms with Crippen molar-refractivity contribution >= 4 is 11.9 Å². The number of ether oxygens (including phenoxy) is 1. The van der Waals surface area contributed by atoms with Crippen LogP contribution in [0.4, 0.5) is 4.39 Å². The van der Waals surface area contributed by atoms with E-state index in [2.05, 4.69) is 43.3 Å². The van der Waals surface area contributed by atoms with Gasteiger partial charge in [0, 0.05) is 18.6 Å². The van der Waals surface area contributed by atoms with Crippen molar-refractivity contribution in [3.05, 3.63) is 28.2 Å². The Morgan fingerprint density at radius 1 is 1.15 bits per heavy atom. The SMILES string of the molecule is CC.CC.CC(C)C1=CC(F)=c2nc(C3CCOC3)n(C(C)C)c2=CC1. The summed E-state index contributed by atoms with van der Waals surface area (Å²) in [6, 6.07) is 0.261. The minimum atomic E-state index is -0.202. The Balaban J connectivity index is 0.000000791. The average Bonchev–Trinajstić information content (AvgIpc) is 3.26. The van der Waals surface area contributed by atoms with Gasteiger partial charge < -0.3 is 9.30 Å². The molecule has 1 fully saturated rings. The zero-order chi connectivity index (χ0) is 19.9. The molecular weight excluding hydrogens is 327 g/mol. The van der Waals surface area contributed by atoms with Gasteiger partial charge in [-0.25, -0.2) is 9.37 Å². The third kappa shape index (κ3) is 4.85. The van der Waals surface area contributed by atoms with Crippen LogP contribution in [0, 0.1) is 5.92 Å². The molecule has 0 saturated carbocycles. The van der Waals surface area contributed by atoms with Crippen LogP contribution in [-0.4, -0.2) is 22.8 Å². The number of allylic oxidation sites excluding steroid dienone is 2. The molecule has 148 valence electrons. The van der Waals surface area contributed by atoms with Crippen molar-refractivity contribution in [1.29, 1.82) is 0 Å². The van der Waals surface area contributed by atoms with Gasteiger partial charge in [0.05, 0.1) is 12.0 Å². The molecule has 2 heterocycles. The Bertz CT molecular complexity index is 707. The Morgan fingerprint density at radius 3 is 2.31 bits per heavy atom. The highest BCUT2D eigenvalue weighted by Gasteiger charge is 2.25. The maximum absolute atomic E-state index is 14.7. The van der Waals surface area contributed by atoms with Gasteiger partial charge in [0.1, 0.15) is 11.2 Å². The number of hydrogen-bond donors (Lipinski definition) is 0. The lowest BCUT2D eigenvalue weighted by Gasteiger charge is -2.16. The van der Waals surface area contributed by atoms with E-state index >= 15 is 0 Å². The van der Waals surface area contributed by atoms with E-state index in [4.69, 9.17) is 4.74 Å². The predicted molar refractivity (Wildman–Crippen MR) is 109 cm³/mol. The van der Waals surface area contributed by atoms with Crippen LogP contribution in [-0.2, 0) is 4.74 Å². The summed E-state index contributed by atoms with van der Waals surface area (Å²) in [6.45, 7) is 17.9. The summed E-state index contributed by atoms with van der Waals surface area (Å²) >= 11 is 0. The molecule has 1 unspecified atom stereocenters. The van der Waals surface area contributed by atoms with E-state index in [1.165, 1.54) is 0 Å². The minimum absolute atomic E-state index is 0.202. The van der Waals surface area contributed by atoms with Crippen molar-refractivity contribution < 1.29 is 9.13 Å². The summed E-state index contributed by atoms with van der Waals surface area (Å²) in [5.41, 5.74) is 1.12. The van der Waals surface area contributed by atoms with Crippen molar-refractivity contribution in [2.45, 2.75) is 80.2 Å². The normalized spacial score (nSPS) is 19.0. The molecule has 1 saturated heterocycles. The molecule has 1 aromatic rings. The summed E-state index contributed by atoms with van der Waals surface area (Å²) in [4.78, 5) is 4.68. The molecule has 1 aliphatic heterocycles. The summed E-state index contributed by atoms with van der Waals surface area (Å²) in [6.07, 6.45) is 5.58. The zero-order valence-corrected chi connectivity index (χ0v) is 17.9. The van der Waals surface area contributed by atoms with E-state index in [0.29, 0.717) is 17.9 Å². The number of imidazole rings is 1. The van der Waals surface area contributed by atoms with Crippen molar-refractivity contribution in [2.24, 2.45) is 5.92 Å². The van der Waals surface area contributed by atoms with Gasteiger partial charge in [-0.1, -0.05) is 53.2 Å². The fourth-order valence-corrected chi connectivity index (χ4v) is 3.31. The van der Waals surface area contributed by atoms with Crippen LogP contribution in [0.1, 0.15) is 86.0 Å². The molecule has 1 aliphatic carbocycles. The third-order valence-corrected chi connectivity index (χ3v) is 4.60. The third-order valence-electron chi connectivity index (χ3n) is 4.60. The lowest BCUT2D eigenvalue weighted by Crippen LogP contribution is -2.32. The molecule has 26 heavy (non-hydrogen) atoms. The summed E-state index contributed by atoms with van der Waals surface area (Å²) in [5.74, 6) is 1.41. The quantitative estimate of drug-likeness (QED) is 0.765. The van der Waals surface area contributed by atoms with Gasteiger partial charge in [-0.05, 0) is 38.7 Å². The predicted octanol–water partition coefficient (Wildman–Crippen LogP) is 4.86. The van der Waals surface area contributed by atoms with Gasteiger partial charge in [0.2, 0.25) is 0 Å². The van der Waals surface area contributed by atoms with E-state index < -0.39 is 0 Å². The van der Waals surface area contributed by atoms with Crippen molar-refractivity contribution in [3.8, 4) is 0 Å². The number of hydrogen-bond acceptors (Lipinski definition) is 2. The molecule has 0 radical (unpaired) electrons. The molecule has 1 aromatic heterocycles. The molecule has 0 N–H and O–H groups in total. The van der Waals surface area contributed by atoms with Crippen LogP contribution in [0.2, 0.25) is 0 Å². The van der Waals surface area contributed by atoms with Crippen LogP contribution < -0.4 is 10.7 Å². The van der Waals surface area contributed by atoms with Gasteiger partial charge in [0.25, 0.3) is 0 Å². The Morgan fingerprint density at radius 2 is 1.81 bits per heavy atom. The lowest BCUT2D eigenvalue weighted by atomic mass is 10.00. The molecule has 0 spiro atoms. The molecule has 3 rings (SSSR count). The fourth-order valence-electron chi connectivity index (χ4n) is 3.31. The van der Waals surface area contributed by atoms with E-state index in [1.54, 1.807) is 6.08 Å². The highest BCUT2D eigenvalue weighted by atomic mass is 19.1. The van der Waals surface area contributed by atoms with Crippen LogP contribution in [0.5, 0.6) is 0 Å². The largest absolute Gasteiger partial charge is 0.381 e. The molecule has 0 amide bonds. The smallest absolute Gasteiger partial charge is 0.150 e. The topological polar surface area (TPSA) is 27.1 Å². The highest BCUT2D eigenvalue weighted by molar-refractivity contribution is 5.53. The molecule has 4 heteroatoms. The Hall–Kier alpha value is -1.42. The lowest BCUT2D eigenvalue weighted by molar-refractivity contribution is 0.192. The van der Waals surface area contributed by atoms with Crippen LogP contribution in [0.15, 0.2) is 11.6 Å². The Kier molecular flexibility index (Phi) is 9.28. The van der Waals surface area contributed by atoms with Gasteiger partial charge in [0.15, 0.2) is 5.83 Å². The first-order valence-electron chi connectivity index (χ1n) is 10.3. The molecular formula is C22H37FN2O. The molecule has 0 aromatic carbocycles. The average molecular weight is 365 g/mol. The van der Waals surface area contributed by atoms with Gasteiger partial charge >= 0.3 is 0 Å². The second-order valence-corrected chi connectivity index (χ2v) is 6.86. The molecule has 0 bridgehead atoms. The number of nitrogens with zero attached hydrogens (tertiary/aromatic N) is 2. The maximum atomic E-state index is 14.7. The minimum Gasteiger partial charge on any atom is -0.381 e. The second-order valence-electron chi connectivity index (χ2n) is 6.86. The summed E-state index contributed by atoms with van der Waals surface area (Å²) in [5, 5.41) is 1.44. The van der Waals surface area contributed by atoms with E-state index in [1.807, 2.05) is 27.7 Å². The monoisotopic (exact) mass is 364 g/mol. The number of halogens is 1. The summed E-state index contributed by atoms with van der Waals surface area (Å²) < 4.78 is 22.4. The van der Waals surface area contributed by atoms with Crippen molar-refractivity contribution in [2.75, 3.05) is 13.2 Å².